The fourth-order valence-corrected chi connectivity index (χ4v) is 4.92. The van der Waals surface area contributed by atoms with Gasteiger partial charge >= 0.3 is 0 Å². The van der Waals surface area contributed by atoms with Gasteiger partial charge in [-0.3, -0.25) is 24.5 Å². The van der Waals surface area contributed by atoms with Crippen molar-refractivity contribution in [2.24, 2.45) is 5.92 Å². The molecule has 0 spiro atoms. The van der Waals surface area contributed by atoms with Gasteiger partial charge in [-0.05, 0) is 42.5 Å². The van der Waals surface area contributed by atoms with Gasteiger partial charge in [0.2, 0.25) is 5.91 Å². The van der Waals surface area contributed by atoms with Crippen LogP contribution in [0.2, 0.25) is 0 Å². The molecule has 0 aliphatic carbocycles. The molecule has 11 heteroatoms. The van der Waals surface area contributed by atoms with Crippen LogP contribution < -0.4 is 19.4 Å². The molecular formula is C25H20BrN3O7. The molecule has 0 aromatic heterocycles. The second-order valence-corrected chi connectivity index (χ2v) is 9.09. The number of fused-ring (bicyclic) bond motifs is 1. The third kappa shape index (κ3) is 3.76. The molecule has 5 rings (SSSR count). The second-order valence-electron chi connectivity index (χ2n) is 8.17. The normalized spacial score (nSPS) is 21.0. The molecule has 10 nitrogen and oxygen atoms in total. The number of nitro groups is 1. The Hall–Kier alpha value is -3.96. The van der Waals surface area contributed by atoms with E-state index in [0.717, 1.165) is 9.37 Å². The van der Waals surface area contributed by atoms with Crippen molar-refractivity contribution in [1.29, 1.82) is 0 Å². The van der Waals surface area contributed by atoms with E-state index in [1.54, 1.807) is 54.6 Å². The van der Waals surface area contributed by atoms with Gasteiger partial charge < -0.3 is 9.47 Å². The summed E-state index contributed by atoms with van der Waals surface area (Å²) in [5.41, 5.74) is 0.799. The molecule has 2 aliphatic rings. The predicted octanol–water partition coefficient (Wildman–Crippen LogP) is 4.43. The van der Waals surface area contributed by atoms with Crippen LogP contribution in [0.15, 0.2) is 71.2 Å². The first-order valence-electron chi connectivity index (χ1n) is 10.9. The highest BCUT2D eigenvalue weighted by Gasteiger charge is 2.61. The first kappa shape index (κ1) is 23.8. The smallest absolute Gasteiger partial charge is 0.278 e. The van der Waals surface area contributed by atoms with E-state index in [9.17, 15) is 19.7 Å². The molecule has 3 atom stereocenters. The quantitative estimate of drug-likeness (QED) is 0.250. The zero-order chi connectivity index (χ0) is 25.6. The van der Waals surface area contributed by atoms with Crippen molar-refractivity contribution in [3.63, 3.8) is 0 Å². The fourth-order valence-electron chi connectivity index (χ4n) is 4.65. The molecular weight excluding hydrogens is 534 g/mol. The van der Waals surface area contributed by atoms with Gasteiger partial charge in [0.05, 0.1) is 42.1 Å². The molecule has 0 bridgehead atoms. The van der Waals surface area contributed by atoms with E-state index in [2.05, 4.69) is 15.9 Å². The second kappa shape index (κ2) is 9.25. The standard InChI is InChI=1S/C25H20BrN3O7/c1-34-19-12-17(18(29(32)33)13-20(19)35-2)22-21-23(36-28(22)16-6-4-3-5-7-16)25(31)27(24(21)30)15-10-8-14(26)9-11-15/h3-13,21-23H,1-2H3/t21-,22+,23+/m0/s1. The number of methoxy groups -OCH3 is 2. The topological polar surface area (TPSA) is 111 Å². The van der Waals surface area contributed by atoms with E-state index in [1.807, 2.05) is 0 Å². The van der Waals surface area contributed by atoms with E-state index < -0.39 is 34.8 Å². The average Bonchev–Trinajstić information content (AvgIpc) is 3.40. The third-order valence-corrected chi connectivity index (χ3v) is 6.79. The number of hydrogen-bond acceptors (Lipinski definition) is 8. The highest BCUT2D eigenvalue weighted by atomic mass is 79.9. The number of nitrogens with zero attached hydrogens (tertiary/aromatic N) is 3. The number of hydroxylamine groups is 1. The zero-order valence-corrected chi connectivity index (χ0v) is 20.7. The molecule has 184 valence electrons. The molecule has 3 aromatic carbocycles. The maximum absolute atomic E-state index is 13.8. The molecule has 0 radical (unpaired) electrons. The molecule has 2 amide bonds. The highest BCUT2D eigenvalue weighted by molar-refractivity contribution is 9.10. The maximum Gasteiger partial charge on any atom is 0.278 e. The number of nitro benzene ring substituents is 1. The van der Waals surface area contributed by atoms with E-state index >= 15 is 0 Å². The van der Waals surface area contributed by atoms with Crippen LogP contribution in [0.1, 0.15) is 11.6 Å². The number of rotatable bonds is 6. The zero-order valence-electron chi connectivity index (χ0n) is 19.2. The van der Waals surface area contributed by atoms with Crippen molar-refractivity contribution in [2.45, 2.75) is 12.1 Å². The number of benzene rings is 3. The summed E-state index contributed by atoms with van der Waals surface area (Å²) in [5.74, 6) is -1.69. The largest absolute Gasteiger partial charge is 0.493 e. The van der Waals surface area contributed by atoms with Crippen molar-refractivity contribution < 1.29 is 28.8 Å². The molecule has 2 aliphatic heterocycles. The van der Waals surface area contributed by atoms with Gasteiger partial charge in [-0.25, -0.2) is 9.96 Å². The van der Waals surface area contributed by atoms with Crippen LogP contribution in [0.3, 0.4) is 0 Å². The molecule has 2 saturated heterocycles. The van der Waals surface area contributed by atoms with E-state index in [0.29, 0.717) is 11.4 Å². The summed E-state index contributed by atoms with van der Waals surface area (Å²) in [7, 11) is 2.79. The molecule has 0 N–H and O–H groups in total. The summed E-state index contributed by atoms with van der Waals surface area (Å²) in [6, 6.07) is 17.3. The number of anilines is 2. The minimum Gasteiger partial charge on any atom is -0.493 e. The Morgan fingerprint density at radius 2 is 1.56 bits per heavy atom. The van der Waals surface area contributed by atoms with Gasteiger partial charge in [0.1, 0.15) is 12.0 Å². The van der Waals surface area contributed by atoms with Gasteiger partial charge in [-0.15, -0.1) is 0 Å². The van der Waals surface area contributed by atoms with E-state index in [4.69, 9.17) is 14.3 Å². The number of carbonyl (C=O) groups is 2. The number of ether oxygens (including phenoxy) is 2. The minimum absolute atomic E-state index is 0.160. The SMILES string of the molecule is COc1cc([C@@H]2[C@@H]3C(=O)N(c4ccc(Br)cc4)C(=O)[C@@H]3ON2c2ccccc2)c([N+](=O)[O-])cc1OC. The Kier molecular flexibility index (Phi) is 6.10. The summed E-state index contributed by atoms with van der Waals surface area (Å²) >= 11 is 3.35. The Morgan fingerprint density at radius 1 is 0.917 bits per heavy atom. The van der Waals surface area contributed by atoms with Crippen LogP contribution in [0, 0.1) is 16.0 Å². The van der Waals surface area contributed by atoms with Crippen LogP contribution >= 0.6 is 15.9 Å². The average molecular weight is 554 g/mol. The summed E-state index contributed by atoms with van der Waals surface area (Å²) in [5, 5.41) is 13.5. The van der Waals surface area contributed by atoms with Gasteiger partial charge in [-0.1, -0.05) is 34.1 Å². The van der Waals surface area contributed by atoms with Crippen LogP contribution in [0.5, 0.6) is 11.5 Å². The molecule has 0 unspecified atom stereocenters. The first-order valence-corrected chi connectivity index (χ1v) is 11.7. The van der Waals surface area contributed by atoms with Crippen molar-refractivity contribution in [1.82, 2.24) is 0 Å². The molecule has 3 aromatic rings. The van der Waals surface area contributed by atoms with Gasteiger partial charge in [0, 0.05) is 4.47 Å². The Bertz CT molecular complexity index is 1350. The number of carbonyl (C=O) groups excluding carboxylic acids is 2. The molecule has 0 saturated carbocycles. The van der Waals surface area contributed by atoms with Gasteiger partial charge in [0.25, 0.3) is 11.6 Å². The van der Waals surface area contributed by atoms with E-state index in [1.165, 1.54) is 31.4 Å². The number of halogens is 1. The van der Waals surface area contributed by atoms with Gasteiger partial charge in [-0.2, -0.15) is 0 Å². The van der Waals surface area contributed by atoms with Crippen molar-refractivity contribution in [3.05, 3.63) is 86.9 Å². The summed E-state index contributed by atoms with van der Waals surface area (Å²) < 4.78 is 11.4. The summed E-state index contributed by atoms with van der Waals surface area (Å²) in [6.07, 6.45) is -1.17. The van der Waals surface area contributed by atoms with Crippen LogP contribution in [0.25, 0.3) is 0 Å². The lowest BCUT2D eigenvalue weighted by Crippen LogP contribution is -2.37. The lowest BCUT2D eigenvalue weighted by atomic mass is 9.89. The lowest BCUT2D eigenvalue weighted by molar-refractivity contribution is -0.385. The summed E-state index contributed by atoms with van der Waals surface area (Å²) in [6.45, 7) is 0. The number of para-hydroxylation sites is 1. The Balaban J connectivity index is 1.68. The van der Waals surface area contributed by atoms with Crippen LogP contribution in [-0.2, 0) is 14.4 Å². The van der Waals surface area contributed by atoms with Crippen LogP contribution in [0.4, 0.5) is 17.1 Å². The molecule has 2 fully saturated rings. The maximum atomic E-state index is 13.8. The minimum atomic E-state index is -1.17. The van der Waals surface area contributed by atoms with Gasteiger partial charge in [0.15, 0.2) is 17.6 Å². The molecule has 36 heavy (non-hydrogen) atoms. The molecule has 2 heterocycles. The lowest BCUT2D eigenvalue weighted by Gasteiger charge is -2.29. The fraction of sp³-hybridized carbons (Fsp3) is 0.200. The highest BCUT2D eigenvalue weighted by Crippen LogP contribution is 2.51. The number of hydrogen-bond donors (Lipinski definition) is 0. The predicted molar refractivity (Wildman–Crippen MR) is 133 cm³/mol. The Labute approximate surface area is 214 Å². The first-order chi connectivity index (χ1) is 17.3. The summed E-state index contributed by atoms with van der Waals surface area (Å²) in [4.78, 5) is 45.9. The van der Waals surface area contributed by atoms with E-state index in [-0.39, 0.29) is 22.7 Å². The van der Waals surface area contributed by atoms with Crippen molar-refractivity contribution in [3.8, 4) is 11.5 Å². The monoisotopic (exact) mass is 553 g/mol. The third-order valence-electron chi connectivity index (χ3n) is 6.26. The Morgan fingerprint density at radius 3 is 2.17 bits per heavy atom. The van der Waals surface area contributed by atoms with Crippen LogP contribution in [-0.4, -0.2) is 37.1 Å². The number of imide groups is 1. The van der Waals surface area contributed by atoms with Crippen molar-refractivity contribution >= 4 is 44.8 Å². The number of amides is 2. The van der Waals surface area contributed by atoms with Crippen molar-refractivity contribution in [2.75, 3.05) is 24.2 Å².